The lowest BCUT2D eigenvalue weighted by Gasteiger charge is -2.40. The van der Waals surface area contributed by atoms with Gasteiger partial charge in [-0.15, -0.1) is 0 Å². The highest BCUT2D eigenvalue weighted by atomic mass is 35.5. The van der Waals surface area contributed by atoms with Gasteiger partial charge >= 0.3 is 0 Å². The summed E-state index contributed by atoms with van der Waals surface area (Å²) in [6.45, 7) is 3.07. The van der Waals surface area contributed by atoms with Crippen molar-refractivity contribution in [3.05, 3.63) is 58.9 Å². The molecule has 0 saturated carbocycles. The number of carbonyl (C=O) groups excluding carboxylic acids is 1. The van der Waals surface area contributed by atoms with Crippen molar-refractivity contribution in [2.45, 2.75) is 37.8 Å². The van der Waals surface area contributed by atoms with Gasteiger partial charge in [0.05, 0.1) is 22.7 Å². The van der Waals surface area contributed by atoms with Crippen LogP contribution in [0.15, 0.2) is 47.5 Å². The third-order valence-electron chi connectivity index (χ3n) is 5.61. The second kappa shape index (κ2) is 8.24. The molecule has 8 heteroatoms. The summed E-state index contributed by atoms with van der Waals surface area (Å²) < 4.78 is 18.9. The fourth-order valence-corrected chi connectivity index (χ4v) is 4.49. The summed E-state index contributed by atoms with van der Waals surface area (Å²) in [6.07, 6.45) is 1.65. The molecule has 0 aromatic heterocycles. The minimum atomic E-state index is -0.889. The summed E-state index contributed by atoms with van der Waals surface area (Å²) in [5, 5.41) is 3.56. The number of benzene rings is 2. The van der Waals surface area contributed by atoms with E-state index in [-0.39, 0.29) is 30.1 Å². The molecule has 2 aromatic carbocycles. The van der Waals surface area contributed by atoms with Crippen molar-refractivity contribution in [3.63, 3.8) is 0 Å². The van der Waals surface area contributed by atoms with Crippen LogP contribution < -0.4 is 11.1 Å². The van der Waals surface area contributed by atoms with Crippen LogP contribution in [0.2, 0.25) is 5.02 Å². The minimum Gasteiger partial charge on any atom is -0.381 e. The Hall–Kier alpha value is -2.64. The summed E-state index contributed by atoms with van der Waals surface area (Å²) in [5.41, 5.74) is 7.24. The molecule has 1 fully saturated rings. The number of rotatable bonds is 4. The Morgan fingerprint density at radius 3 is 2.70 bits per heavy atom. The van der Waals surface area contributed by atoms with E-state index >= 15 is 0 Å². The molecule has 3 N–H and O–H groups in total. The minimum absolute atomic E-state index is 0.0102. The number of nitrogens with two attached hydrogens (primary N) is 1. The van der Waals surface area contributed by atoms with Crippen LogP contribution in [0.3, 0.4) is 0 Å². The van der Waals surface area contributed by atoms with Gasteiger partial charge in [-0.25, -0.2) is 9.38 Å². The number of carbonyl (C=O) groups is 1. The topological polar surface area (TPSA) is 80.0 Å². The number of ether oxygens (including phenoxy) is 1. The number of nitrogens with zero attached hydrogens (tertiary/aromatic N) is 2. The fraction of sp³-hybridized carbons (Fsp3) is 0.364. The van der Waals surface area contributed by atoms with Crippen LogP contribution in [-0.2, 0) is 15.1 Å². The molecule has 0 bridgehead atoms. The van der Waals surface area contributed by atoms with Crippen molar-refractivity contribution in [2.24, 2.45) is 10.7 Å². The van der Waals surface area contributed by atoms with Crippen molar-refractivity contribution in [1.82, 2.24) is 4.90 Å². The van der Waals surface area contributed by atoms with Crippen LogP contribution >= 0.6 is 11.6 Å². The lowest BCUT2D eigenvalue weighted by molar-refractivity contribution is -0.132. The Morgan fingerprint density at radius 1 is 1.27 bits per heavy atom. The van der Waals surface area contributed by atoms with Gasteiger partial charge in [-0.2, -0.15) is 0 Å². The highest BCUT2D eigenvalue weighted by Crippen LogP contribution is 2.41. The first kappa shape index (κ1) is 20.6. The molecule has 0 radical (unpaired) electrons. The molecule has 2 aromatic rings. The largest absolute Gasteiger partial charge is 0.381 e. The van der Waals surface area contributed by atoms with Gasteiger partial charge in [0.2, 0.25) is 5.91 Å². The van der Waals surface area contributed by atoms with E-state index in [1.54, 1.807) is 23.1 Å². The van der Waals surface area contributed by atoms with Gasteiger partial charge in [0.15, 0.2) is 5.96 Å². The third kappa shape index (κ3) is 4.00. The monoisotopic (exact) mass is 430 g/mol. The van der Waals surface area contributed by atoms with E-state index in [1.165, 1.54) is 12.1 Å². The van der Waals surface area contributed by atoms with E-state index in [9.17, 15) is 9.18 Å². The quantitative estimate of drug-likeness (QED) is 0.763. The second-order valence-electron chi connectivity index (χ2n) is 7.83. The first-order valence-electron chi connectivity index (χ1n) is 9.94. The lowest BCUT2D eigenvalue weighted by Crippen LogP contribution is -2.55. The Labute approximate surface area is 179 Å². The highest BCUT2D eigenvalue weighted by molar-refractivity contribution is 6.34. The van der Waals surface area contributed by atoms with Gasteiger partial charge in [-0.3, -0.25) is 9.69 Å². The number of guanidine groups is 1. The van der Waals surface area contributed by atoms with E-state index in [0.717, 1.165) is 12.8 Å². The molecule has 2 aliphatic rings. The number of halogens is 2. The molecule has 4 rings (SSSR count). The number of amides is 1. The SMILES string of the molecule is C[C@@]1(c2cccc(Nc3cccc(F)c3)c2Cl)CC(=O)N(C2CCOCC2)C(N)=N1. The zero-order valence-corrected chi connectivity index (χ0v) is 17.5. The van der Waals surface area contributed by atoms with Gasteiger partial charge in [-0.05, 0) is 44.0 Å². The maximum atomic E-state index is 13.5. The predicted molar refractivity (Wildman–Crippen MR) is 115 cm³/mol. The highest BCUT2D eigenvalue weighted by Gasteiger charge is 2.41. The smallest absolute Gasteiger partial charge is 0.232 e. The number of hydrogen-bond donors (Lipinski definition) is 2. The Balaban J connectivity index is 1.65. The molecule has 2 aliphatic heterocycles. The number of aliphatic imine (C=N–C) groups is 1. The van der Waals surface area contributed by atoms with Gasteiger partial charge in [0, 0.05) is 30.5 Å². The average molecular weight is 431 g/mol. The average Bonchev–Trinajstić information content (AvgIpc) is 2.70. The van der Waals surface area contributed by atoms with Gasteiger partial charge in [0.1, 0.15) is 5.82 Å². The number of anilines is 2. The molecule has 0 aliphatic carbocycles. The summed E-state index contributed by atoms with van der Waals surface area (Å²) in [6, 6.07) is 11.6. The Morgan fingerprint density at radius 2 is 2.00 bits per heavy atom. The fourth-order valence-electron chi connectivity index (χ4n) is 4.11. The van der Waals surface area contributed by atoms with E-state index in [1.807, 2.05) is 19.1 Å². The van der Waals surface area contributed by atoms with Crippen molar-refractivity contribution >= 4 is 34.8 Å². The molecule has 0 unspecified atom stereocenters. The summed E-state index contributed by atoms with van der Waals surface area (Å²) >= 11 is 6.69. The normalized spacial score (nSPS) is 22.7. The number of hydrogen-bond acceptors (Lipinski definition) is 5. The van der Waals surface area contributed by atoms with E-state index in [4.69, 9.17) is 27.1 Å². The molecular formula is C22H24ClFN4O2. The molecular weight excluding hydrogens is 407 g/mol. The van der Waals surface area contributed by atoms with Crippen molar-refractivity contribution in [1.29, 1.82) is 0 Å². The molecule has 1 atom stereocenters. The van der Waals surface area contributed by atoms with Gasteiger partial charge in [0.25, 0.3) is 0 Å². The summed E-state index contributed by atoms with van der Waals surface area (Å²) in [7, 11) is 0. The zero-order chi connectivity index (χ0) is 21.3. The molecule has 2 heterocycles. The second-order valence-corrected chi connectivity index (χ2v) is 8.21. The molecule has 0 spiro atoms. The first-order chi connectivity index (χ1) is 14.4. The van der Waals surface area contributed by atoms with E-state index < -0.39 is 5.54 Å². The van der Waals surface area contributed by atoms with Gasteiger partial charge < -0.3 is 15.8 Å². The van der Waals surface area contributed by atoms with E-state index in [0.29, 0.717) is 35.2 Å². The predicted octanol–water partition coefficient (Wildman–Crippen LogP) is 4.16. The van der Waals surface area contributed by atoms with Crippen LogP contribution in [-0.4, -0.2) is 36.0 Å². The van der Waals surface area contributed by atoms with E-state index in [2.05, 4.69) is 5.32 Å². The zero-order valence-electron chi connectivity index (χ0n) is 16.7. The van der Waals surface area contributed by atoms with Crippen molar-refractivity contribution < 1.29 is 13.9 Å². The molecule has 1 saturated heterocycles. The molecule has 30 heavy (non-hydrogen) atoms. The summed E-state index contributed by atoms with van der Waals surface area (Å²) in [4.78, 5) is 19.3. The Bertz CT molecular complexity index is 993. The van der Waals surface area contributed by atoms with Crippen molar-refractivity contribution in [2.75, 3.05) is 18.5 Å². The van der Waals surface area contributed by atoms with Crippen LogP contribution in [0, 0.1) is 5.82 Å². The van der Waals surface area contributed by atoms with Crippen LogP contribution in [0.25, 0.3) is 0 Å². The standard InChI is InChI=1S/C22H24ClFN4O2/c1-22(13-19(29)28(21(25)27-22)16-8-10-30-11-9-16)17-6-3-7-18(20(17)23)26-15-5-2-4-14(24)12-15/h2-7,12,16,26H,8-11,13H2,1H3,(H2,25,27)/t22-/m0/s1. The maximum Gasteiger partial charge on any atom is 0.232 e. The van der Waals surface area contributed by atoms with Crippen LogP contribution in [0.4, 0.5) is 15.8 Å². The van der Waals surface area contributed by atoms with Gasteiger partial charge in [-0.1, -0.05) is 29.8 Å². The van der Waals surface area contributed by atoms with Crippen molar-refractivity contribution in [3.8, 4) is 0 Å². The Kier molecular flexibility index (Phi) is 5.66. The maximum absolute atomic E-state index is 13.5. The van der Waals surface area contributed by atoms with Crippen LogP contribution in [0.1, 0.15) is 31.7 Å². The summed E-state index contributed by atoms with van der Waals surface area (Å²) in [5.74, 6) is -0.209. The molecule has 158 valence electrons. The third-order valence-corrected chi connectivity index (χ3v) is 6.02. The molecule has 1 amide bonds. The van der Waals surface area contributed by atoms with Crippen LogP contribution in [0.5, 0.6) is 0 Å². The lowest BCUT2D eigenvalue weighted by atomic mass is 9.86. The number of nitrogens with one attached hydrogen (secondary N) is 1. The molecule has 6 nitrogen and oxygen atoms in total. The first-order valence-corrected chi connectivity index (χ1v) is 10.3.